The average molecular weight is 237 g/mol. The Hall–Kier alpha value is -1.43. The van der Waals surface area contributed by atoms with Gasteiger partial charge in [0.25, 0.3) is 0 Å². The Bertz CT molecular complexity index is 370. The molecule has 0 saturated carbocycles. The van der Waals surface area contributed by atoms with Gasteiger partial charge in [-0.25, -0.2) is 0 Å². The van der Waals surface area contributed by atoms with Gasteiger partial charge in [-0.15, -0.1) is 10.2 Å². The largest absolute Gasteiger partial charge is 0.355 e. The molecular formula is C11H19N5O. The van der Waals surface area contributed by atoms with E-state index < -0.39 is 0 Å². The summed E-state index contributed by atoms with van der Waals surface area (Å²) in [4.78, 5) is 11.8. The number of piperidine rings is 1. The van der Waals surface area contributed by atoms with Gasteiger partial charge in [-0.1, -0.05) is 0 Å². The van der Waals surface area contributed by atoms with E-state index in [-0.39, 0.29) is 11.8 Å². The molecule has 1 aromatic rings. The normalized spacial score (nSPS) is 20.2. The number of carbonyl (C=O) groups is 1. The van der Waals surface area contributed by atoms with Crippen LogP contribution in [0, 0.1) is 5.92 Å². The average Bonchev–Trinajstić information content (AvgIpc) is 2.76. The first-order chi connectivity index (χ1) is 8.27. The zero-order chi connectivity index (χ0) is 12.1. The van der Waals surface area contributed by atoms with Crippen LogP contribution in [0.4, 0.5) is 0 Å². The van der Waals surface area contributed by atoms with Gasteiger partial charge in [-0.2, -0.15) is 0 Å². The maximum Gasteiger partial charge on any atom is 0.224 e. The predicted octanol–water partition coefficient (Wildman–Crippen LogP) is -0.527. The Labute approximate surface area is 101 Å². The molecule has 2 heterocycles. The molecule has 0 spiro atoms. The van der Waals surface area contributed by atoms with Crippen LogP contribution in [0.25, 0.3) is 0 Å². The molecule has 0 unspecified atom stereocenters. The highest BCUT2D eigenvalue weighted by Gasteiger charge is 2.20. The molecule has 1 fully saturated rings. The lowest BCUT2D eigenvalue weighted by atomic mass is 9.99. The second-order valence-corrected chi connectivity index (χ2v) is 4.44. The third-order valence-electron chi connectivity index (χ3n) is 3.12. The number of aryl methyl sites for hydroxylation is 1. The van der Waals surface area contributed by atoms with Gasteiger partial charge in [0.2, 0.25) is 5.91 Å². The van der Waals surface area contributed by atoms with E-state index >= 15 is 0 Å². The highest BCUT2D eigenvalue weighted by Crippen LogP contribution is 2.09. The van der Waals surface area contributed by atoms with E-state index in [2.05, 4.69) is 20.8 Å². The minimum Gasteiger partial charge on any atom is -0.355 e. The van der Waals surface area contributed by atoms with Crippen molar-refractivity contribution in [2.24, 2.45) is 13.0 Å². The summed E-state index contributed by atoms with van der Waals surface area (Å²) in [6.45, 7) is 2.46. The molecule has 1 aliphatic heterocycles. The van der Waals surface area contributed by atoms with Crippen LogP contribution in [0.2, 0.25) is 0 Å². The highest BCUT2D eigenvalue weighted by molar-refractivity contribution is 5.78. The van der Waals surface area contributed by atoms with Gasteiger partial charge in [0.15, 0.2) is 0 Å². The maximum atomic E-state index is 11.8. The van der Waals surface area contributed by atoms with E-state index in [1.165, 1.54) is 0 Å². The molecule has 1 atom stereocenters. The Balaban J connectivity index is 1.71. The quantitative estimate of drug-likeness (QED) is 0.738. The molecule has 6 nitrogen and oxygen atoms in total. The van der Waals surface area contributed by atoms with E-state index in [4.69, 9.17) is 0 Å². The lowest BCUT2D eigenvalue weighted by molar-refractivity contribution is -0.125. The van der Waals surface area contributed by atoms with Crippen LogP contribution < -0.4 is 10.6 Å². The first-order valence-electron chi connectivity index (χ1n) is 6.08. The lowest BCUT2D eigenvalue weighted by Crippen LogP contribution is -2.41. The number of aromatic nitrogens is 3. The molecule has 0 aromatic carbocycles. The highest BCUT2D eigenvalue weighted by atomic mass is 16.1. The van der Waals surface area contributed by atoms with Gasteiger partial charge in [0, 0.05) is 26.6 Å². The number of nitrogens with zero attached hydrogens (tertiary/aromatic N) is 3. The molecule has 6 heteroatoms. The fourth-order valence-electron chi connectivity index (χ4n) is 2.05. The van der Waals surface area contributed by atoms with E-state index in [0.717, 1.165) is 38.2 Å². The molecule has 1 saturated heterocycles. The summed E-state index contributed by atoms with van der Waals surface area (Å²) < 4.78 is 1.87. The summed E-state index contributed by atoms with van der Waals surface area (Å²) in [6, 6.07) is 0. The van der Waals surface area contributed by atoms with Crippen molar-refractivity contribution in [3.8, 4) is 0 Å². The minimum absolute atomic E-state index is 0.128. The van der Waals surface area contributed by atoms with Crippen molar-refractivity contribution in [1.82, 2.24) is 25.4 Å². The van der Waals surface area contributed by atoms with E-state index in [1.807, 2.05) is 11.6 Å². The predicted molar refractivity (Wildman–Crippen MR) is 63.3 cm³/mol. The molecule has 1 amide bonds. The fraction of sp³-hybridized carbons (Fsp3) is 0.727. The summed E-state index contributed by atoms with van der Waals surface area (Å²) in [7, 11) is 1.90. The molecule has 0 bridgehead atoms. The lowest BCUT2D eigenvalue weighted by Gasteiger charge is -2.21. The minimum atomic E-state index is 0.128. The van der Waals surface area contributed by atoms with Crippen molar-refractivity contribution in [2.75, 3.05) is 19.6 Å². The molecule has 17 heavy (non-hydrogen) atoms. The SMILES string of the molecule is Cn1cnnc1CCNC(=O)[C@@H]1CCCNC1. The first kappa shape index (κ1) is 12.0. The molecule has 94 valence electrons. The smallest absolute Gasteiger partial charge is 0.224 e. The van der Waals surface area contributed by atoms with Crippen molar-refractivity contribution < 1.29 is 4.79 Å². The number of nitrogens with one attached hydrogen (secondary N) is 2. The molecule has 1 aliphatic rings. The Kier molecular flexibility index (Phi) is 4.08. The molecule has 0 aliphatic carbocycles. The van der Waals surface area contributed by atoms with Crippen molar-refractivity contribution in [3.63, 3.8) is 0 Å². The zero-order valence-corrected chi connectivity index (χ0v) is 10.1. The van der Waals surface area contributed by atoms with Crippen molar-refractivity contribution in [3.05, 3.63) is 12.2 Å². The molecule has 2 N–H and O–H groups in total. The molecule has 0 radical (unpaired) electrons. The van der Waals surface area contributed by atoms with Gasteiger partial charge in [-0.3, -0.25) is 4.79 Å². The van der Waals surface area contributed by atoms with Gasteiger partial charge >= 0.3 is 0 Å². The molecule has 1 aromatic heterocycles. The summed E-state index contributed by atoms with van der Waals surface area (Å²) in [5.41, 5.74) is 0. The van der Waals surface area contributed by atoms with Crippen LogP contribution >= 0.6 is 0 Å². The van der Waals surface area contributed by atoms with Crippen LogP contribution in [0.5, 0.6) is 0 Å². The van der Waals surface area contributed by atoms with Crippen molar-refractivity contribution in [1.29, 1.82) is 0 Å². The van der Waals surface area contributed by atoms with Crippen LogP contribution in [0.15, 0.2) is 6.33 Å². The van der Waals surface area contributed by atoms with E-state index in [1.54, 1.807) is 6.33 Å². The van der Waals surface area contributed by atoms with Crippen LogP contribution in [0.1, 0.15) is 18.7 Å². The number of hydrogen-bond donors (Lipinski definition) is 2. The number of rotatable bonds is 4. The first-order valence-corrected chi connectivity index (χ1v) is 6.08. The van der Waals surface area contributed by atoms with Gasteiger partial charge in [0.05, 0.1) is 5.92 Å². The second-order valence-electron chi connectivity index (χ2n) is 4.44. The fourth-order valence-corrected chi connectivity index (χ4v) is 2.05. The van der Waals surface area contributed by atoms with Gasteiger partial charge in [-0.05, 0) is 19.4 Å². The number of carbonyl (C=O) groups excluding carboxylic acids is 1. The van der Waals surface area contributed by atoms with E-state index in [9.17, 15) is 4.79 Å². The van der Waals surface area contributed by atoms with Crippen molar-refractivity contribution >= 4 is 5.91 Å². The zero-order valence-electron chi connectivity index (χ0n) is 10.1. The summed E-state index contributed by atoms with van der Waals surface area (Å²) >= 11 is 0. The van der Waals surface area contributed by atoms with E-state index in [0.29, 0.717) is 6.54 Å². The standard InChI is InChI=1S/C11H19N5O/c1-16-8-14-15-10(16)4-6-13-11(17)9-3-2-5-12-7-9/h8-9,12H,2-7H2,1H3,(H,13,17)/t9-/m1/s1. The third-order valence-corrected chi connectivity index (χ3v) is 3.12. The Morgan fingerprint density at radius 2 is 2.59 bits per heavy atom. The summed E-state index contributed by atoms with van der Waals surface area (Å²) in [5.74, 6) is 1.18. The number of hydrogen-bond acceptors (Lipinski definition) is 4. The van der Waals surface area contributed by atoms with Crippen LogP contribution in [0.3, 0.4) is 0 Å². The topological polar surface area (TPSA) is 71.8 Å². The summed E-state index contributed by atoms with van der Waals surface area (Å²) in [5, 5.41) is 14.0. The summed E-state index contributed by atoms with van der Waals surface area (Å²) in [6.07, 6.45) is 4.47. The van der Waals surface area contributed by atoms with Gasteiger partial charge in [0.1, 0.15) is 12.2 Å². The maximum absolute atomic E-state index is 11.8. The monoisotopic (exact) mass is 237 g/mol. The van der Waals surface area contributed by atoms with Crippen molar-refractivity contribution in [2.45, 2.75) is 19.3 Å². The molecule has 2 rings (SSSR count). The second kappa shape index (κ2) is 5.77. The third kappa shape index (κ3) is 3.26. The van der Waals surface area contributed by atoms with Crippen LogP contribution in [-0.4, -0.2) is 40.3 Å². The van der Waals surface area contributed by atoms with Crippen LogP contribution in [-0.2, 0) is 18.3 Å². The number of amides is 1. The molecular weight excluding hydrogens is 218 g/mol. The Morgan fingerprint density at radius 3 is 3.24 bits per heavy atom. The van der Waals surface area contributed by atoms with Gasteiger partial charge < -0.3 is 15.2 Å². The Morgan fingerprint density at radius 1 is 1.71 bits per heavy atom.